The number of hydrogen-bond donors (Lipinski definition) is 1. The van der Waals surface area contributed by atoms with Crippen LogP contribution in [0.25, 0.3) is 33.9 Å². The molecule has 0 fully saturated rings. The summed E-state index contributed by atoms with van der Waals surface area (Å²) in [5, 5.41) is 4.87. The Morgan fingerprint density at radius 3 is 2.69 bits per heavy atom. The molecule has 0 saturated heterocycles. The molecule has 1 atom stereocenters. The largest absolute Gasteiger partial charge is 0.481 e. The van der Waals surface area contributed by atoms with E-state index in [0.717, 1.165) is 17.9 Å². The average molecular weight is 425 g/mol. The summed E-state index contributed by atoms with van der Waals surface area (Å²) in [6.07, 6.45) is -2.92. The Morgan fingerprint density at radius 2 is 1.97 bits per heavy atom. The van der Waals surface area contributed by atoms with Crippen molar-refractivity contribution in [1.82, 2.24) is 20.1 Å². The molecular weight excluding hydrogens is 409 g/mol. The molecule has 4 rings (SSSR count). The normalized spacial score (nSPS) is 12.6. The minimum Gasteiger partial charge on any atom is -0.481 e. The number of nitrogens with zero attached hydrogens (tertiary/aromatic N) is 3. The molecule has 0 aliphatic carbocycles. The van der Waals surface area contributed by atoms with E-state index in [1.165, 1.54) is 6.07 Å². The van der Waals surface area contributed by atoms with Gasteiger partial charge in [-0.05, 0) is 49.7 Å². The molecule has 1 unspecified atom stereocenters. The Bertz CT molecular complexity index is 1140. The van der Waals surface area contributed by atoms with Crippen molar-refractivity contribution in [3.63, 3.8) is 0 Å². The van der Waals surface area contributed by atoms with Gasteiger partial charge >= 0.3 is 6.18 Å². The van der Waals surface area contributed by atoms with Crippen LogP contribution in [0.3, 0.4) is 0 Å². The van der Waals surface area contributed by atoms with Crippen LogP contribution in [0.1, 0.15) is 12.5 Å². The highest BCUT2D eigenvalue weighted by Gasteiger charge is 2.38. The minimum absolute atomic E-state index is 0. The lowest BCUT2D eigenvalue weighted by Crippen LogP contribution is -2.31. The molecule has 0 aliphatic rings. The number of aromatic nitrogens is 4. The Balaban J connectivity index is 0.00000240. The number of alkyl halides is 3. The number of aromatic amines is 1. The van der Waals surface area contributed by atoms with Gasteiger partial charge in [-0.25, -0.2) is 4.98 Å². The molecule has 4 aromatic rings. The molecule has 6 nitrogen and oxygen atoms in total. The van der Waals surface area contributed by atoms with Gasteiger partial charge in [0.2, 0.25) is 5.82 Å². The SMILES string of the molecule is Cc1cc(-c2nc(-c3ccnc4[nH]ccc34)no2)ccc1OC(C)C(F)(F)F.Cl. The van der Waals surface area contributed by atoms with Crippen molar-refractivity contribution in [3.8, 4) is 28.6 Å². The molecule has 10 heteroatoms. The number of aryl methyl sites for hydroxylation is 1. The van der Waals surface area contributed by atoms with Crippen molar-refractivity contribution in [1.29, 1.82) is 0 Å². The average Bonchev–Trinajstić information content (AvgIpc) is 3.31. The molecule has 152 valence electrons. The van der Waals surface area contributed by atoms with Crippen LogP contribution in [0, 0.1) is 6.92 Å². The molecule has 0 radical (unpaired) electrons. The molecule has 3 aromatic heterocycles. The molecule has 0 saturated carbocycles. The number of hydrogen-bond acceptors (Lipinski definition) is 5. The summed E-state index contributed by atoms with van der Waals surface area (Å²) in [6, 6.07) is 8.35. The second-order valence-corrected chi connectivity index (χ2v) is 6.30. The first-order chi connectivity index (χ1) is 13.3. The third-order valence-electron chi connectivity index (χ3n) is 4.31. The summed E-state index contributed by atoms with van der Waals surface area (Å²) in [5.74, 6) is 0.802. The zero-order valence-corrected chi connectivity index (χ0v) is 16.1. The number of benzene rings is 1. The molecule has 1 aromatic carbocycles. The first-order valence-electron chi connectivity index (χ1n) is 8.43. The first-order valence-corrected chi connectivity index (χ1v) is 8.43. The highest BCUT2D eigenvalue weighted by atomic mass is 35.5. The molecule has 0 amide bonds. The van der Waals surface area contributed by atoms with Gasteiger partial charge in [0.1, 0.15) is 11.4 Å². The Labute approximate surface area is 169 Å². The predicted octanol–water partition coefficient (Wildman–Crippen LogP) is 5.34. The van der Waals surface area contributed by atoms with E-state index in [2.05, 4.69) is 20.1 Å². The van der Waals surface area contributed by atoms with Crippen molar-refractivity contribution in [2.75, 3.05) is 0 Å². The molecule has 3 heterocycles. The quantitative estimate of drug-likeness (QED) is 0.478. The maximum atomic E-state index is 12.7. The van der Waals surface area contributed by atoms with Gasteiger partial charge in [0.25, 0.3) is 5.89 Å². The number of rotatable bonds is 4. The van der Waals surface area contributed by atoms with Crippen LogP contribution in [0.5, 0.6) is 5.75 Å². The fourth-order valence-electron chi connectivity index (χ4n) is 2.78. The summed E-state index contributed by atoms with van der Waals surface area (Å²) >= 11 is 0. The van der Waals surface area contributed by atoms with Crippen LogP contribution in [0.4, 0.5) is 13.2 Å². The third-order valence-corrected chi connectivity index (χ3v) is 4.31. The van der Waals surface area contributed by atoms with Crippen molar-refractivity contribution >= 4 is 23.4 Å². The second-order valence-electron chi connectivity index (χ2n) is 6.30. The number of halogens is 4. The zero-order valence-electron chi connectivity index (χ0n) is 15.3. The molecule has 1 N–H and O–H groups in total. The monoisotopic (exact) mass is 424 g/mol. The lowest BCUT2D eigenvalue weighted by Gasteiger charge is -2.19. The fourth-order valence-corrected chi connectivity index (χ4v) is 2.78. The summed E-state index contributed by atoms with van der Waals surface area (Å²) < 4.78 is 48.5. The number of ether oxygens (including phenoxy) is 1. The van der Waals surface area contributed by atoms with Gasteiger partial charge in [-0.3, -0.25) is 0 Å². The van der Waals surface area contributed by atoms with E-state index < -0.39 is 12.3 Å². The lowest BCUT2D eigenvalue weighted by molar-refractivity contribution is -0.189. The van der Waals surface area contributed by atoms with E-state index in [0.29, 0.717) is 22.6 Å². The van der Waals surface area contributed by atoms with E-state index in [1.54, 1.807) is 37.5 Å². The number of nitrogens with one attached hydrogen (secondary N) is 1. The van der Waals surface area contributed by atoms with Crippen LogP contribution < -0.4 is 4.74 Å². The number of pyridine rings is 1. The Hall–Kier alpha value is -3.07. The van der Waals surface area contributed by atoms with Crippen LogP contribution in [0.2, 0.25) is 0 Å². The maximum Gasteiger partial charge on any atom is 0.425 e. The third kappa shape index (κ3) is 4.04. The van der Waals surface area contributed by atoms with E-state index in [4.69, 9.17) is 9.26 Å². The summed E-state index contributed by atoms with van der Waals surface area (Å²) in [4.78, 5) is 11.6. The predicted molar refractivity (Wildman–Crippen MR) is 103 cm³/mol. The van der Waals surface area contributed by atoms with Crippen molar-refractivity contribution < 1.29 is 22.4 Å². The Kier molecular flexibility index (Phi) is 5.52. The fraction of sp³-hybridized carbons (Fsp3) is 0.211. The highest BCUT2D eigenvalue weighted by molar-refractivity contribution is 5.90. The molecule has 0 aliphatic heterocycles. The van der Waals surface area contributed by atoms with Crippen molar-refractivity contribution in [2.45, 2.75) is 26.1 Å². The summed E-state index contributed by atoms with van der Waals surface area (Å²) in [6.45, 7) is 2.62. The smallest absolute Gasteiger partial charge is 0.425 e. The van der Waals surface area contributed by atoms with E-state index >= 15 is 0 Å². The second kappa shape index (κ2) is 7.75. The topological polar surface area (TPSA) is 76.8 Å². The highest BCUT2D eigenvalue weighted by Crippen LogP contribution is 2.31. The van der Waals surface area contributed by atoms with E-state index in [1.807, 2.05) is 6.07 Å². The first kappa shape index (κ1) is 20.7. The van der Waals surface area contributed by atoms with Gasteiger partial charge in [-0.1, -0.05) is 5.16 Å². The van der Waals surface area contributed by atoms with Gasteiger partial charge in [0.05, 0.1) is 0 Å². The van der Waals surface area contributed by atoms with Crippen LogP contribution in [-0.2, 0) is 0 Å². The molecule has 0 bridgehead atoms. The molecule has 29 heavy (non-hydrogen) atoms. The van der Waals surface area contributed by atoms with Gasteiger partial charge in [0, 0.05) is 28.9 Å². The van der Waals surface area contributed by atoms with Crippen molar-refractivity contribution in [3.05, 3.63) is 48.3 Å². The van der Waals surface area contributed by atoms with Crippen LogP contribution in [0.15, 0.2) is 47.2 Å². The van der Waals surface area contributed by atoms with Crippen molar-refractivity contribution in [2.24, 2.45) is 0 Å². The van der Waals surface area contributed by atoms with Crippen LogP contribution >= 0.6 is 12.4 Å². The zero-order chi connectivity index (χ0) is 19.9. The van der Waals surface area contributed by atoms with Gasteiger partial charge < -0.3 is 14.2 Å². The molecule has 0 spiro atoms. The lowest BCUT2D eigenvalue weighted by atomic mass is 10.1. The minimum atomic E-state index is -4.43. The summed E-state index contributed by atoms with van der Waals surface area (Å²) in [5.41, 5.74) is 2.59. The summed E-state index contributed by atoms with van der Waals surface area (Å²) in [7, 11) is 0. The maximum absolute atomic E-state index is 12.7. The van der Waals surface area contributed by atoms with E-state index in [-0.39, 0.29) is 24.0 Å². The number of H-pyrrole nitrogens is 1. The van der Waals surface area contributed by atoms with E-state index in [9.17, 15) is 13.2 Å². The Morgan fingerprint density at radius 1 is 1.17 bits per heavy atom. The van der Waals surface area contributed by atoms with Gasteiger partial charge in [-0.2, -0.15) is 18.2 Å². The van der Waals surface area contributed by atoms with Gasteiger partial charge in [-0.15, -0.1) is 12.4 Å². The standard InChI is InChI=1S/C19H15F3N4O2.ClH/c1-10-9-12(3-4-15(10)27-11(2)19(20,21)22)18-25-17(26-28-18)14-6-8-24-16-13(14)5-7-23-16;/h3-9,11H,1-2H3,(H,23,24);1H. The van der Waals surface area contributed by atoms with Gasteiger partial charge in [0.15, 0.2) is 6.10 Å². The number of fused-ring (bicyclic) bond motifs is 1. The molecular formula is C19H16ClF3N4O2. The van der Waals surface area contributed by atoms with Crippen LogP contribution in [-0.4, -0.2) is 32.4 Å².